The van der Waals surface area contributed by atoms with Gasteiger partial charge in [0.25, 0.3) is 0 Å². The number of carboxylic acids is 1. The van der Waals surface area contributed by atoms with Crippen LogP contribution in [-0.4, -0.2) is 35.1 Å². The van der Waals surface area contributed by atoms with E-state index in [2.05, 4.69) is 39.5 Å². The molecule has 1 heterocycles. The van der Waals surface area contributed by atoms with Crippen LogP contribution in [0.3, 0.4) is 0 Å². The van der Waals surface area contributed by atoms with Gasteiger partial charge in [-0.1, -0.05) is 34.6 Å². The Hall–Kier alpha value is -0.570. The zero-order chi connectivity index (χ0) is 15.1. The fourth-order valence-corrected chi connectivity index (χ4v) is 4.64. The minimum Gasteiger partial charge on any atom is -0.481 e. The molecule has 116 valence electrons. The molecular weight excluding hydrogens is 250 g/mol. The van der Waals surface area contributed by atoms with Crippen LogP contribution >= 0.6 is 0 Å². The molecule has 3 nitrogen and oxygen atoms in total. The molecule has 2 fully saturated rings. The highest BCUT2D eigenvalue weighted by atomic mass is 16.4. The molecule has 3 heteroatoms. The standard InChI is InChI=1S/C17H31NO2/c1-12(2)17(15(19)20)6-7-18(11-17)14-8-13(3)9-16(4,5)10-14/h12-14H,6-11H2,1-5H3,(H,19,20). The van der Waals surface area contributed by atoms with Crippen molar-refractivity contribution in [1.29, 1.82) is 0 Å². The lowest BCUT2D eigenvalue weighted by molar-refractivity contribution is -0.151. The topological polar surface area (TPSA) is 40.5 Å². The Morgan fingerprint density at radius 3 is 2.40 bits per heavy atom. The molecule has 1 aliphatic carbocycles. The second-order valence-electron chi connectivity index (χ2n) is 8.40. The van der Waals surface area contributed by atoms with Crippen LogP contribution in [-0.2, 0) is 4.79 Å². The Kier molecular flexibility index (Phi) is 4.21. The molecule has 2 aliphatic rings. The average molecular weight is 281 g/mol. The van der Waals surface area contributed by atoms with Crippen molar-refractivity contribution in [2.45, 2.75) is 66.3 Å². The van der Waals surface area contributed by atoms with Crippen molar-refractivity contribution in [2.75, 3.05) is 13.1 Å². The minimum atomic E-state index is -0.599. The molecule has 0 aromatic heterocycles. The van der Waals surface area contributed by atoms with Crippen LogP contribution in [0.1, 0.15) is 60.3 Å². The second-order valence-corrected chi connectivity index (χ2v) is 8.40. The zero-order valence-corrected chi connectivity index (χ0v) is 13.8. The van der Waals surface area contributed by atoms with Crippen LogP contribution in [0, 0.1) is 22.7 Å². The Morgan fingerprint density at radius 1 is 1.30 bits per heavy atom. The molecule has 0 radical (unpaired) electrons. The molecule has 20 heavy (non-hydrogen) atoms. The third-order valence-corrected chi connectivity index (χ3v) is 5.74. The highest BCUT2D eigenvalue weighted by molar-refractivity contribution is 5.75. The van der Waals surface area contributed by atoms with Crippen molar-refractivity contribution in [2.24, 2.45) is 22.7 Å². The SMILES string of the molecule is CC1CC(N2CCC(C(=O)O)(C(C)C)C2)CC(C)(C)C1. The van der Waals surface area contributed by atoms with Gasteiger partial charge in [-0.3, -0.25) is 9.69 Å². The first-order chi connectivity index (χ1) is 9.16. The average Bonchev–Trinajstić information content (AvgIpc) is 2.71. The van der Waals surface area contributed by atoms with E-state index in [0.717, 1.165) is 25.4 Å². The number of likely N-dealkylation sites (tertiary alicyclic amines) is 1. The lowest BCUT2D eigenvalue weighted by Crippen LogP contribution is -2.45. The maximum Gasteiger partial charge on any atom is 0.311 e. The number of rotatable bonds is 3. The van der Waals surface area contributed by atoms with Gasteiger partial charge in [-0.05, 0) is 49.5 Å². The summed E-state index contributed by atoms with van der Waals surface area (Å²) in [4.78, 5) is 14.2. The van der Waals surface area contributed by atoms with Gasteiger partial charge >= 0.3 is 5.97 Å². The first-order valence-corrected chi connectivity index (χ1v) is 8.14. The lowest BCUT2D eigenvalue weighted by Gasteiger charge is -2.43. The van der Waals surface area contributed by atoms with E-state index in [1.54, 1.807) is 0 Å². The van der Waals surface area contributed by atoms with E-state index in [1.807, 2.05) is 0 Å². The summed E-state index contributed by atoms with van der Waals surface area (Å²) in [5, 5.41) is 9.68. The van der Waals surface area contributed by atoms with Crippen LogP contribution in [0.25, 0.3) is 0 Å². The van der Waals surface area contributed by atoms with E-state index in [0.29, 0.717) is 11.5 Å². The van der Waals surface area contributed by atoms with E-state index >= 15 is 0 Å². The number of nitrogens with zero attached hydrogens (tertiary/aromatic N) is 1. The van der Waals surface area contributed by atoms with Crippen LogP contribution in [0.2, 0.25) is 0 Å². The summed E-state index contributed by atoms with van der Waals surface area (Å²) >= 11 is 0. The summed E-state index contributed by atoms with van der Waals surface area (Å²) in [7, 11) is 0. The van der Waals surface area contributed by atoms with Crippen LogP contribution < -0.4 is 0 Å². The molecular formula is C17H31NO2. The molecule has 3 unspecified atom stereocenters. The van der Waals surface area contributed by atoms with Crippen molar-refractivity contribution in [3.63, 3.8) is 0 Å². The van der Waals surface area contributed by atoms with Crippen molar-refractivity contribution in [1.82, 2.24) is 4.90 Å². The van der Waals surface area contributed by atoms with Gasteiger partial charge in [0.05, 0.1) is 5.41 Å². The summed E-state index contributed by atoms with van der Waals surface area (Å²) in [6, 6.07) is 0.578. The van der Waals surface area contributed by atoms with Gasteiger partial charge in [0.1, 0.15) is 0 Å². The van der Waals surface area contributed by atoms with Gasteiger partial charge in [-0.15, -0.1) is 0 Å². The monoisotopic (exact) mass is 281 g/mol. The predicted octanol–water partition coefficient (Wildman–Crippen LogP) is 3.63. The Bertz CT molecular complexity index is 377. The van der Waals surface area contributed by atoms with Crippen molar-refractivity contribution in [3.05, 3.63) is 0 Å². The van der Waals surface area contributed by atoms with Gasteiger partial charge < -0.3 is 5.11 Å². The fourth-order valence-electron chi connectivity index (χ4n) is 4.64. The first-order valence-electron chi connectivity index (χ1n) is 8.14. The fraction of sp³-hybridized carbons (Fsp3) is 0.941. The van der Waals surface area contributed by atoms with Gasteiger partial charge in [-0.2, -0.15) is 0 Å². The van der Waals surface area contributed by atoms with Gasteiger partial charge in [0.15, 0.2) is 0 Å². The highest BCUT2D eigenvalue weighted by Crippen LogP contribution is 2.45. The third kappa shape index (κ3) is 2.88. The van der Waals surface area contributed by atoms with E-state index in [4.69, 9.17) is 0 Å². The number of carbonyl (C=O) groups is 1. The van der Waals surface area contributed by atoms with E-state index < -0.39 is 11.4 Å². The lowest BCUT2D eigenvalue weighted by atomic mass is 9.70. The molecule has 1 saturated heterocycles. The van der Waals surface area contributed by atoms with Gasteiger partial charge in [0, 0.05) is 12.6 Å². The summed E-state index contributed by atoms with van der Waals surface area (Å²) in [6.07, 6.45) is 4.55. The van der Waals surface area contributed by atoms with Crippen molar-refractivity contribution < 1.29 is 9.90 Å². The molecule has 0 bridgehead atoms. The van der Waals surface area contributed by atoms with E-state index in [1.165, 1.54) is 19.3 Å². The Morgan fingerprint density at radius 2 is 1.95 bits per heavy atom. The number of carboxylic acid groups (broad SMARTS) is 1. The zero-order valence-electron chi connectivity index (χ0n) is 13.8. The number of aliphatic carboxylic acids is 1. The second kappa shape index (κ2) is 5.32. The third-order valence-electron chi connectivity index (χ3n) is 5.74. The van der Waals surface area contributed by atoms with Crippen LogP contribution in [0.5, 0.6) is 0 Å². The molecule has 0 amide bonds. The summed E-state index contributed by atoms with van der Waals surface area (Å²) < 4.78 is 0. The molecule has 0 spiro atoms. The molecule has 1 saturated carbocycles. The Balaban J connectivity index is 2.10. The first kappa shape index (κ1) is 15.8. The predicted molar refractivity (Wildman–Crippen MR) is 81.7 cm³/mol. The van der Waals surface area contributed by atoms with E-state index in [-0.39, 0.29) is 5.92 Å². The molecule has 0 aromatic rings. The van der Waals surface area contributed by atoms with E-state index in [9.17, 15) is 9.90 Å². The van der Waals surface area contributed by atoms with Crippen molar-refractivity contribution >= 4 is 5.97 Å². The highest BCUT2D eigenvalue weighted by Gasteiger charge is 2.49. The summed E-state index contributed by atoms with van der Waals surface area (Å²) in [5.74, 6) is 0.361. The van der Waals surface area contributed by atoms with Crippen LogP contribution in [0.4, 0.5) is 0 Å². The molecule has 3 atom stereocenters. The maximum atomic E-state index is 11.8. The summed E-state index contributed by atoms with van der Waals surface area (Å²) in [6.45, 7) is 12.9. The molecule has 2 rings (SSSR count). The normalized spacial score (nSPS) is 38.3. The molecule has 0 aromatic carbocycles. The number of hydrogen-bond acceptors (Lipinski definition) is 2. The quantitative estimate of drug-likeness (QED) is 0.858. The van der Waals surface area contributed by atoms with Gasteiger partial charge in [0.2, 0.25) is 0 Å². The summed E-state index contributed by atoms with van der Waals surface area (Å²) in [5.41, 5.74) is -0.126. The Labute approximate surface area is 123 Å². The molecule has 1 N–H and O–H groups in total. The van der Waals surface area contributed by atoms with Crippen LogP contribution in [0.15, 0.2) is 0 Å². The number of hydrogen-bond donors (Lipinski definition) is 1. The largest absolute Gasteiger partial charge is 0.481 e. The van der Waals surface area contributed by atoms with Crippen molar-refractivity contribution in [3.8, 4) is 0 Å². The maximum absolute atomic E-state index is 11.8. The smallest absolute Gasteiger partial charge is 0.311 e. The minimum absolute atomic E-state index is 0.207. The molecule has 1 aliphatic heterocycles. The van der Waals surface area contributed by atoms with Gasteiger partial charge in [-0.25, -0.2) is 0 Å².